The van der Waals surface area contributed by atoms with E-state index in [1.54, 1.807) is 11.3 Å². The number of alkyl halides is 1. The minimum Gasteiger partial charge on any atom is -0.132 e. The van der Waals surface area contributed by atoms with Crippen LogP contribution < -0.4 is 0 Å². The van der Waals surface area contributed by atoms with Crippen molar-refractivity contribution in [1.82, 2.24) is 0 Å². The van der Waals surface area contributed by atoms with Crippen LogP contribution in [-0.4, -0.2) is 5.33 Å². The van der Waals surface area contributed by atoms with Crippen LogP contribution in [-0.2, 0) is 6.42 Å². The molecule has 0 atom stereocenters. The Morgan fingerprint density at radius 2 is 2.33 bits per heavy atom. The Morgan fingerprint density at radius 3 is 2.75 bits per heavy atom. The van der Waals surface area contributed by atoms with Crippen molar-refractivity contribution in [2.45, 2.75) is 19.3 Å². The second kappa shape index (κ2) is 3.32. The Bertz CT molecular complexity index is 278. The maximum absolute atomic E-state index is 5.86. The van der Waals surface area contributed by atoms with Gasteiger partial charge in [-0.05, 0) is 41.7 Å². The molecule has 0 radical (unpaired) electrons. The van der Waals surface area contributed by atoms with Gasteiger partial charge in [-0.25, -0.2) is 0 Å². The summed E-state index contributed by atoms with van der Waals surface area (Å²) in [6.45, 7) is 0. The Labute approximate surface area is 90.1 Å². The van der Waals surface area contributed by atoms with Crippen LogP contribution in [0, 0.1) is 5.41 Å². The fraction of sp³-hybridized carbons (Fsp3) is 0.556. The third kappa shape index (κ3) is 1.86. The van der Waals surface area contributed by atoms with Crippen molar-refractivity contribution >= 4 is 38.9 Å². The molecule has 0 unspecified atom stereocenters. The topological polar surface area (TPSA) is 0 Å². The lowest BCUT2D eigenvalue weighted by Crippen LogP contribution is -2.04. The average molecular weight is 266 g/mol. The van der Waals surface area contributed by atoms with Gasteiger partial charge in [-0.15, -0.1) is 11.3 Å². The summed E-state index contributed by atoms with van der Waals surface area (Å²) in [5.74, 6) is 0. The highest BCUT2D eigenvalue weighted by molar-refractivity contribution is 9.09. The first-order chi connectivity index (χ1) is 5.74. The van der Waals surface area contributed by atoms with E-state index in [1.807, 2.05) is 0 Å². The van der Waals surface area contributed by atoms with Crippen LogP contribution in [0.1, 0.15) is 18.4 Å². The van der Waals surface area contributed by atoms with E-state index < -0.39 is 0 Å². The van der Waals surface area contributed by atoms with Gasteiger partial charge in [0, 0.05) is 5.33 Å². The van der Waals surface area contributed by atoms with Crippen molar-refractivity contribution in [2.75, 3.05) is 5.33 Å². The second-order valence-corrected chi connectivity index (χ2v) is 5.67. The molecule has 1 saturated carbocycles. The SMILES string of the molecule is Clc1cc(CC2(CBr)CC2)cs1. The van der Waals surface area contributed by atoms with Crippen LogP contribution in [0.25, 0.3) is 0 Å². The van der Waals surface area contributed by atoms with Crippen LogP contribution in [0.3, 0.4) is 0 Å². The van der Waals surface area contributed by atoms with Gasteiger partial charge in [0.05, 0.1) is 4.34 Å². The summed E-state index contributed by atoms with van der Waals surface area (Å²) < 4.78 is 0.912. The van der Waals surface area contributed by atoms with Crippen molar-refractivity contribution < 1.29 is 0 Å². The summed E-state index contributed by atoms with van der Waals surface area (Å²) in [4.78, 5) is 0. The first-order valence-corrected chi connectivity index (χ1v) is 6.41. The zero-order chi connectivity index (χ0) is 8.60. The smallest absolute Gasteiger partial charge is 0.0931 e. The zero-order valence-corrected chi connectivity index (χ0v) is 9.81. The molecule has 0 aromatic carbocycles. The number of halogens is 2. The van der Waals surface area contributed by atoms with Crippen LogP contribution >= 0.6 is 38.9 Å². The lowest BCUT2D eigenvalue weighted by Gasteiger charge is -2.08. The van der Waals surface area contributed by atoms with Crippen LogP contribution in [0.15, 0.2) is 11.4 Å². The molecule has 1 aliphatic carbocycles. The number of rotatable bonds is 3. The molecule has 1 aromatic heterocycles. The quantitative estimate of drug-likeness (QED) is 0.721. The molecule has 0 amide bonds. The van der Waals surface area contributed by atoms with E-state index in [2.05, 4.69) is 27.4 Å². The summed E-state index contributed by atoms with van der Waals surface area (Å²) in [6.07, 6.45) is 3.93. The van der Waals surface area contributed by atoms with Crippen LogP contribution in [0.4, 0.5) is 0 Å². The largest absolute Gasteiger partial charge is 0.132 e. The van der Waals surface area contributed by atoms with Crippen molar-refractivity contribution in [3.05, 3.63) is 21.3 Å². The maximum Gasteiger partial charge on any atom is 0.0931 e. The van der Waals surface area contributed by atoms with E-state index >= 15 is 0 Å². The minimum absolute atomic E-state index is 0.574. The van der Waals surface area contributed by atoms with Gasteiger partial charge >= 0.3 is 0 Å². The van der Waals surface area contributed by atoms with Gasteiger partial charge < -0.3 is 0 Å². The molecule has 1 aromatic rings. The van der Waals surface area contributed by atoms with Gasteiger partial charge in [0.2, 0.25) is 0 Å². The van der Waals surface area contributed by atoms with E-state index in [4.69, 9.17) is 11.6 Å². The van der Waals surface area contributed by atoms with Crippen molar-refractivity contribution in [2.24, 2.45) is 5.41 Å². The molecular weight excluding hydrogens is 256 g/mol. The Kier molecular flexibility index (Phi) is 2.50. The molecule has 1 heterocycles. The van der Waals surface area contributed by atoms with E-state index in [-0.39, 0.29) is 0 Å². The minimum atomic E-state index is 0.574. The molecule has 12 heavy (non-hydrogen) atoms. The predicted octanol–water partition coefficient (Wildman–Crippen LogP) is 4.12. The molecule has 0 saturated heterocycles. The van der Waals surface area contributed by atoms with Gasteiger partial charge in [0.15, 0.2) is 0 Å². The van der Waals surface area contributed by atoms with Crippen molar-refractivity contribution in [3.8, 4) is 0 Å². The molecular formula is C9H10BrClS. The fourth-order valence-corrected chi connectivity index (χ4v) is 3.07. The molecule has 3 heteroatoms. The Morgan fingerprint density at radius 1 is 1.58 bits per heavy atom. The molecule has 1 aliphatic rings. The molecule has 2 rings (SSSR count). The van der Waals surface area contributed by atoms with Gasteiger partial charge in [-0.3, -0.25) is 0 Å². The highest BCUT2D eigenvalue weighted by atomic mass is 79.9. The molecule has 0 bridgehead atoms. The normalized spacial score (nSPS) is 19.5. The molecule has 0 N–H and O–H groups in total. The first-order valence-electron chi connectivity index (χ1n) is 4.03. The van der Waals surface area contributed by atoms with Gasteiger partial charge in [-0.1, -0.05) is 27.5 Å². The summed E-state index contributed by atoms with van der Waals surface area (Å²) >= 11 is 11.1. The number of thiophene rings is 1. The van der Waals surface area contributed by atoms with E-state index in [9.17, 15) is 0 Å². The standard InChI is InChI=1S/C9H10BrClS/c10-6-9(1-2-9)4-7-3-8(11)12-5-7/h3,5H,1-2,4,6H2. The Hall–Kier alpha value is 0.470. The number of hydrogen-bond donors (Lipinski definition) is 0. The molecule has 66 valence electrons. The van der Waals surface area contributed by atoms with E-state index in [1.165, 1.54) is 24.8 Å². The van der Waals surface area contributed by atoms with Gasteiger partial charge in [0.1, 0.15) is 0 Å². The second-order valence-electron chi connectivity index (χ2n) is 3.57. The molecule has 1 fully saturated rings. The summed E-state index contributed by atoms with van der Waals surface area (Å²) in [7, 11) is 0. The van der Waals surface area contributed by atoms with Gasteiger partial charge in [-0.2, -0.15) is 0 Å². The van der Waals surface area contributed by atoms with Crippen molar-refractivity contribution in [3.63, 3.8) is 0 Å². The lowest BCUT2D eigenvalue weighted by atomic mass is 10.0. The fourth-order valence-electron chi connectivity index (χ4n) is 1.41. The number of hydrogen-bond acceptors (Lipinski definition) is 1. The molecule has 0 nitrogen and oxygen atoms in total. The van der Waals surface area contributed by atoms with Crippen LogP contribution in [0.5, 0.6) is 0 Å². The summed E-state index contributed by atoms with van der Waals surface area (Å²) in [5.41, 5.74) is 1.98. The average Bonchev–Trinajstić information content (AvgIpc) is 2.71. The van der Waals surface area contributed by atoms with Crippen LogP contribution in [0.2, 0.25) is 4.34 Å². The Balaban J connectivity index is 2.04. The third-order valence-electron chi connectivity index (χ3n) is 2.44. The first kappa shape index (κ1) is 9.04. The lowest BCUT2D eigenvalue weighted by molar-refractivity contribution is 0.587. The monoisotopic (exact) mass is 264 g/mol. The maximum atomic E-state index is 5.86. The third-order valence-corrected chi connectivity index (χ3v) is 4.77. The predicted molar refractivity (Wildman–Crippen MR) is 58.5 cm³/mol. The molecule has 0 aliphatic heterocycles. The zero-order valence-electron chi connectivity index (χ0n) is 6.65. The van der Waals surface area contributed by atoms with E-state index in [0.29, 0.717) is 5.41 Å². The van der Waals surface area contributed by atoms with E-state index in [0.717, 1.165) is 9.67 Å². The molecule has 0 spiro atoms. The summed E-state index contributed by atoms with van der Waals surface area (Å²) in [6, 6.07) is 2.09. The summed E-state index contributed by atoms with van der Waals surface area (Å²) in [5, 5.41) is 3.30. The van der Waals surface area contributed by atoms with Crippen molar-refractivity contribution in [1.29, 1.82) is 0 Å². The highest BCUT2D eigenvalue weighted by Crippen LogP contribution is 2.50. The van der Waals surface area contributed by atoms with Gasteiger partial charge in [0.25, 0.3) is 0 Å². The highest BCUT2D eigenvalue weighted by Gasteiger charge is 2.41.